The number of anilines is 1. The van der Waals surface area contributed by atoms with Crippen molar-refractivity contribution in [3.05, 3.63) is 89.4 Å². The summed E-state index contributed by atoms with van der Waals surface area (Å²) < 4.78 is 81.6. The Balaban J connectivity index is 1.15. The molecule has 47 heavy (non-hydrogen) atoms. The molecule has 0 bridgehead atoms. The second kappa shape index (κ2) is 13.8. The molecule has 3 aromatic rings. The quantitative estimate of drug-likeness (QED) is 0.302. The molecule has 0 spiro atoms. The Kier molecular flexibility index (Phi) is 9.75. The highest BCUT2D eigenvalue weighted by molar-refractivity contribution is 5.95. The van der Waals surface area contributed by atoms with Crippen molar-refractivity contribution in [2.45, 2.75) is 62.6 Å². The second-order valence-electron chi connectivity index (χ2n) is 12.7. The number of benzene rings is 2. The van der Waals surface area contributed by atoms with Crippen LogP contribution in [0.15, 0.2) is 67.1 Å². The first-order chi connectivity index (χ1) is 22.5. The van der Waals surface area contributed by atoms with E-state index in [2.05, 4.69) is 24.7 Å². The topological polar surface area (TPSA) is 55.8 Å². The van der Waals surface area contributed by atoms with Gasteiger partial charge in [0.05, 0.1) is 17.3 Å². The highest BCUT2D eigenvalue weighted by Crippen LogP contribution is 2.37. The number of carbonyl (C=O) groups is 1. The molecule has 3 aliphatic rings. The molecule has 1 aromatic heterocycles. The summed E-state index contributed by atoms with van der Waals surface area (Å²) in [6, 6.07) is 10.8. The number of rotatable bonds is 6. The van der Waals surface area contributed by atoms with E-state index in [-0.39, 0.29) is 24.7 Å². The van der Waals surface area contributed by atoms with E-state index < -0.39 is 35.0 Å². The molecule has 0 N–H and O–H groups in total. The lowest BCUT2D eigenvalue weighted by Crippen LogP contribution is -2.59. The third-order valence-corrected chi connectivity index (χ3v) is 9.75. The van der Waals surface area contributed by atoms with Gasteiger partial charge in [-0.2, -0.15) is 26.3 Å². The number of amides is 1. The minimum Gasteiger partial charge on any atom is -0.354 e. The van der Waals surface area contributed by atoms with Gasteiger partial charge in [-0.1, -0.05) is 30.3 Å². The highest BCUT2D eigenvalue weighted by Gasteiger charge is 2.40. The first-order valence-corrected chi connectivity index (χ1v) is 16.1. The maximum Gasteiger partial charge on any atom is 0.416 e. The SMILES string of the molecule is O=C(c1cc(C(F)(F)F)cc(C(F)(F)F)c1)N1CCC(N2CCN(C3CCCN(c4cnccn4)C3)CC2)CC1Cc1ccccc1. The van der Waals surface area contributed by atoms with Crippen LogP contribution in [-0.4, -0.2) is 94.5 Å². The predicted molar refractivity (Wildman–Crippen MR) is 165 cm³/mol. The summed E-state index contributed by atoms with van der Waals surface area (Å²) in [5.41, 5.74) is -2.62. The molecule has 0 saturated carbocycles. The number of carbonyl (C=O) groups excluding carboxylic acids is 1. The van der Waals surface area contributed by atoms with Gasteiger partial charge < -0.3 is 9.80 Å². The first-order valence-electron chi connectivity index (χ1n) is 16.1. The average Bonchev–Trinajstić information content (AvgIpc) is 3.08. The number of nitrogens with zero attached hydrogens (tertiary/aromatic N) is 6. The molecule has 13 heteroatoms. The smallest absolute Gasteiger partial charge is 0.354 e. The number of likely N-dealkylation sites (tertiary alicyclic amines) is 1. The van der Waals surface area contributed by atoms with Gasteiger partial charge in [-0.15, -0.1) is 0 Å². The fourth-order valence-electron chi connectivity index (χ4n) is 7.34. The molecule has 3 atom stereocenters. The molecule has 3 aliphatic heterocycles. The minimum absolute atomic E-state index is 0.0602. The average molecular weight is 661 g/mol. The van der Waals surface area contributed by atoms with Crippen LogP contribution in [0.3, 0.4) is 0 Å². The molecule has 1 amide bonds. The summed E-state index contributed by atoms with van der Waals surface area (Å²) in [5.74, 6) is 0.0807. The zero-order chi connectivity index (χ0) is 33.2. The van der Waals surface area contributed by atoms with Crippen molar-refractivity contribution in [1.82, 2.24) is 24.7 Å². The fourth-order valence-corrected chi connectivity index (χ4v) is 7.34. The van der Waals surface area contributed by atoms with Crippen LogP contribution < -0.4 is 4.90 Å². The van der Waals surface area contributed by atoms with Crippen LogP contribution in [0.5, 0.6) is 0 Å². The molecule has 252 valence electrons. The molecule has 0 aliphatic carbocycles. The van der Waals surface area contributed by atoms with Gasteiger partial charge in [0.15, 0.2) is 0 Å². The molecule has 3 unspecified atom stereocenters. The maximum atomic E-state index is 13.7. The molecule has 7 nitrogen and oxygen atoms in total. The number of piperazine rings is 1. The Hall–Kier alpha value is -3.71. The van der Waals surface area contributed by atoms with Gasteiger partial charge in [-0.25, -0.2) is 4.98 Å². The maximum absolute atomic E-state index is 13.7. The van der Waals surface area contributed by atoms with Crippen LogP contribution in [0.25, 0.3) is 0 Å². The van der Waals surface area contributed by atoms with Crippen molar-refractivity contribution in [2.75, 3.05) is 50.7 Å². The summed E-state index contributed by atoms with van der Waals surface area (Å²) in [7, 11) is 0. The van der Waals surface area contributed by atoms with E-state index >= 15 is 0 Å². The Bertz CT molecular complexity index is 1460. The van der Waals surface area contributed by atoms with Gasteiger partial charge in [-0.05, 0) is 55.9 Å². The zero-order valence-corrected chi connectivity index (χ0v) is 25.9. The van der Waals surface area contributed by atoms with Crippen molar-refractivity contribution in [1.29, 1.82) is 0 Å². The fraction of sp³-hybridized carbons (Fsp3) is 0.500. The Morgan fingerprint density at radius 2 is 1.45 bits per heavy atom. The summed E-state index contributed by atoms with van der Waals surface area (Å²) in [6.45, 7) is 5.57. The number of hydrogen-bond acceptors (Lipinski definition) is 6. The summed E-state index contributed by atoms with van der Waals surface area (Å²) in [5, 5.41) is 0. The van der Waals surface area contributed by atoms with Crippen LogP contribution in [0.2, 0.25) is 0 Å². The molecule has 3 saturated heterocycles. The van der Waals surface area contributed by atoms with Gasteiger partial charge in [0.25, 0.3) is 5.91 Å². The Labute approximate surface area is 270 Å². The monoisotopic (exact) mass is 660 g/mol. The van der Waals surface area contributed by atoms with Gasteiger partial charge in [0.1, 0.15) is 5.82 Å². The van der Waals surface area contributed by atoms with Crippen molar-refractivity contribution in [3.63, 3.8) is 0 Å². The third-order valence-electron chi connectivity index (χ3n) is 9.75. The number of hydrogen-bond donors (Lipinski definition) is 0. The van der Waals surface area contributed by atoms with Crippen LogP contribution >= 0.6 is 0 Å². The van der Waals surface area contributed by atoms with Gasteiger partial charge >= 0.3 is 12.4 Å². The van der Waals surface area contributed by atoms with E-state index in [0.717, 1.165) is 63.5 Å². The van der Waals surface area contributed by atoms with Crippen molar-refractivity contribution in [3.8, 4) is 0 Å². The van der Waals surface area contributed by atoms with E-state index in [0.29, 0.717) is 37.4 Å². The third kappa shape index (κ3) is 7.89. The van der Waals surface area contributed by atoms with Crippen molar-refractivity contribution < 1.29 is 31.1 Å². The number of aromatic nitrogens is 2. The van der Waals surface area contributed by atoms with Gasteiger partial charge in [0, 0.05) is 81.9 Å². The minimum atomic E-state index is -5.03. The van der Waals surface area contributed by atoms with E-state index in [4.69, 9.17) is 0 Å². The molecule has 2 aromatic carbocycles. The number of alkyl halides is 6. The Morgan fingerprint density at radius 3 is 2.06 bits per heavy atom. The first kappa shape index (κ1) is 33.2. The van der Waals surface area contributed by atoms with E-state index in [9.17, 15) is 31.1 Å². The number of halogens is 6. The van der Waals surface area contributed by atoms with Gasteiger partial charge in [-0.3, -0.25) is 19.6 Å². The second-order valence-corrected chi connectivity index (χ2v) is 12.7. The van der Waals surface area contributed by atoms with Crippen LogP contribution in [0.1, 0.15) is 52.7 Å². The molecule has 0 radical (unpaired) electrons. The van der Waals surface area contributed by atoms with Crippen LogP contribution in [0.4, 0.5) is 32.2 Å². The lowest BCUT2D eigenvalue weighted by Gasteiger charge is -2.48. The molecule has 4 heterocycles. The molecule has 3 fully saturated rings. The lowest BCUT2D eigenvalue weighted by atomic mass is 9.90. The largest absolute Gasteiger partial charge is 0.416 e. The van der Waals surface area contributed by atoms with Crippen LogP contribution in [-0.2, 0) is 18.8 Å². The standard InChI is InChI=1S/C34H38F6N6O/c35-33(36,37)26-18-25(19-27(20-26)34(38,39)40)32(47)46-12-8-28(21-30(46)17-24-5-2-1-3-6-24)43-13-15-44(16-14-43)29-7-4-11-45(23-29)31-22-41-9-10-42-31/h1-3,5-6,9-10,18-20,22,28-30H,4,7-8,11-17,21,23H2. The summed E-state index contributed by atoms with van der Waals surface area (Å²) >= 11 is 0. The normalized spacial score (nSPS) is 23.6. The number of piperidine rings is 2. The highest BCUT2D eigenvalue weighted by atomic mass is 19.4. The van der Waals surface area contributed by atoms with Crippen LogP contribution in [0, 0.1) is 0 Å². The predicted octanol–water partition coefficient (Wildman–Crippen LogP) is 6.02. The van der Waals surface area contributed by atoms with E-state index in [1.54, 1.807) is 18.6 Å². The lowest BCUT2D eigenvalue weighted by molar-refractivity contribution is -0.143. The summed E-state index contributed by atoms with van der Waals surface area (Å²) in [4.78, 5) is 31.2. The molecular weight excluding hydrogens is 622 g/mol. The van der Waals surface area contributed by atoms with E-state index in [1.165, 1.54) is 4.90 Å². The van der Waals surface area contributed by atoms with E-state index in [1.807, 2.05) is 30.3 Å². The summed E-state index contributed by atoms with van der Waals surface area (Å²) in [6.07, 6.45) is -1.07. The van der Waals surface area contributed by atoms with Gasteiger partial charge in [0.2, 0.25) is 0 Å². The van der Waals surface area contributed by atoms with Crippen molar-refractivity contribution in [2.24, 2.45) is 0 Å². The van der Waals surface area contributed by atoms with Crippen molar-refractivity contribution >= 4 is 11.7 Å². The molecular formula is C34H38F6N6O. The Morgan fingerprint density at radius 1 is 0.787 bits per heavy atom. The zero-order valence-electron chi connectivity index (χ0n) is 25.9. The molecule has 6 rings (SSSR count).